The van der Waals surface area contributed by atoms with E-state index in [9.17, 15) is 9.90 Å². The van der Waals surface area contributed by atoms with E-state index in [1.54, 1.807) is 18.2 Å². The van der Waals surface area contributed by atoms with E-state index in [1.165, 1.54) is 6.07 Å². The zero-order valence-corrected chi connectivity index (χ0v) is 7.11. The fourth-order valence-corrected chi connectivity index (χ4v) is 1.43. The summed E-state index contributed by atoms with van der Waals surface area (Å²) in [6.07, 6.45) is 1.13. The molecule has 0 aliphatic carbocycles. The van der Waals surface area contributed by atoms with Gasteiger partial charge in [-0.25, -0.2) is 0 Å². The Morgan fingerprint density at radius 3 is 3.00 bits per heavy atom. The molecular weight excluding hydrogens is 180 g/mol. The van der Waals surface area contributed by atoms with Gasteiger partial charge in [0.1, 0.15) is 5.75 Å². The average Bonchev–Trinajstić information content (AvgIpc) is 2.45. The van der Waals surface area contributed by atoms with E-state index < -0.39 is 0 Å². The normalized spacial score (nSPS) is 16.2. The molecule has 1 aromatic carbocycles. The minimum absolute atomic E-state index is 0.00218. The summed E-state index contributed by atoms with van der Waals surface area (Å²) in [5, 5.41) is 20.5. The molecule has 0 aromatic heterocycles. The van der Waals surface area contributed by atoms with Gasteiger partial charge in [-0.3, -0.25) is 4.79 Å². The molecule has 0 saturated heterocycles. The number of anilines is 1. The van der Waals surface area contributed by atoms with Crippen molar-refractivity contribution in [3.05, 3.63) is 29.8 Å². The lowest BCUT2D eigenvalue weighted by Gasteiger charge is -1.99. The highest BCUT2D eigenvalue weighted by Gasteiger charge is 2.26. The number of nitriles is 1. The average molecular weight is 186 g/mol. The molecule has 0 spiro atoms. The number of carbonyl (C=O) groups is 1. The molecular formula is C10H6N2O2. The quantitative estimate of drug-likeness (QED) is 0.473. The monoisotopic (exact) mass is 186 g/mol. The van der Waals surface area contributed by atoms with Crippen molar-refractivity contribution in [1.82, 2.24) is 0 Å². The topological polar surface area (TPSA) is 73.1 Å². The van der Waals surface area contributed by atoms with Crippen molar-refractivity contribution in [2.75, 3.05) is 5.32 Å². The zero-order chi connectivity index (χ0) is 10.1. The van der Waals surface area contributed by atoms with Gasteiger partial charge in [0.15, 0.2) is 0 Å². The number of hydrogen-bond acceptors (Lipinski definition) is 3. The molecule has 1 amide bonds. The highest BCUT2D eigenvalue weighted by Crippen LogP contribution is 2.37. The fourth-order valence-electron chi connectivity index (χ4n) is 1.43. The van der Waals surface area contributed by atoms with Crippen LogP contribution in [0.25, 0.3) is 5.57 Å². The number of benzene rings is 1. The molecule has 14 heavy (non-hydrogen) atoms. The number of hydrogen-bond donors (Lipinski definition) is 2. The highest BCUT2D eigenvalue weighted by atomic mass is 16.3. The summed E-state index contributed by atoms with van der Waals surface area (Å²) >= 11 is 0. The molecule has 2 N–H and O–H groups in total. The van der Waals surface area contributed by atoms with Gasteiger partial charge in [-0.05, 0) is 12.1 Å². The SMILES string of the molecule is N#C/C=C1/C(=O)Nc2cccc(O)c21. The maximum atomic E-state index is 11.3. The predicted molar refractivity (Wildman–Crippen MR) is 50.3 cm³/mol. The van der Waals surface area contributed by atoms with E-state index in [0.717, 1.165) is 6.08 Å². The number of fused-ring (bicyclic) bond motifs is 1. The van der Waals surface area contributed by atoms with Crippen molar-refractivity contribution in [2.24, 2.45) is 0 Å². The van der Waals surface area contributed by atoms with E-state index in [4.69, 9.17) is 5.26 Å². The van der Waals surface area contributed by atoms with E-state index in [1.807, 2.05) is 0 Å². The summed E-state index contributed by atoms with van der Waals surface area (Å²) in [6, 6.07) is 6.55. The van der Waals surface area contributed by atoms with Gasteiger partial charge in [0.2, 0.25) is 0 Å². The van der Waals surface area contributed by atoms with Gasteiger partial charge in [0.25, 0.3) is 5.91 Å². The van der Waals surface area contributed by atoms with Crippen LogP contribution >= 0.6 is 0 Å². The Kier molecular flexibility index (Phi) is 1.72. The van der Waals surface area contributed by atoms with Crippen molar-refractivity contribution in [3.63, 3.8) is 0 Å². The van der Waals surface area contributed by atoms with E-state index in [2.05, 4.69) is 5.32 Å². The van der Waals surface area contributed by atoms with Crippen LogP contribution in [0.5, 0.6) is 5.75 Å². The molecule has 0 bridgehead atoms. The summed E-state index contributed by atoms with van der Waals surface area (Å²) in [7, 11) is 0. The number of nitrogens with one attached hydrogen (secondary N) is 1. The second-order valence-corrected chi connectivity index (χ2v) is 2.84. The van der Waals surface area contributed by atoms with Crippen molar-refractivity contribution >= 4 is 17.2 Å². The van der Waals surface area contributed by atoms with Crippen molar-refractivity contribution in [1.29, 1.82) is 5.26 Å². The first kappa shape index (κ1) is 8.32. The first-order chi connectivity index (χ1) is 6.74. The lowest BCUT2D eigenvalue weighted by Crippen LogP contribution is -2.03. The molecule has 1 aliphatic heterocycles. The third-order valence-electron chi connectivity index (χ3n) is 2.01. The van der Waals surface area contributed by atoms with Crippen LogP contribution in [-0.4, -0.2) is 11.0 Å². The molecule has 0 unspecified atom stereocenters. The van der Waals surface area contributed by atoms with Gasteiger partial charge in [-0.2, -0.15) is 5.26 Å². The Balaban J connectivity index is 2.69. The molecule has 1 aromatic rings. The number of amides is 1. The lowest BCUT2D eigenvalue weighted by atomic mass is 10.1. The van der Waals surface area contributed by atoms with Crippen molar-refractivity contribution in [2.45, 2.75) is 0 Å². The van der Waals surface area contributed by atoms with Gasteiger partial charge >= 0.3 is 0 Å². The maximum Gasteiger partial charge on any atom is 0.257 e. The lowest BCUT2D eigenvalue weighted by molar-refractivity contribution is -0.110. The second kappa shape index (κ2) is 2.89. The van der Waals surface area contributed by atoms with Crippen LogP contribution in [0.1, 0.15) is 5.56 Å². The molecule has 0 saturated carbocycles. The Bertz CT molecular complexity index is 483. The van der Waals surface area contributed by atoms with Gasteiger partial charge < -0.3 is 10.4 Å². The van der Waals surface area contributed by atoms with Crippen molar-refractivity contribution < 1.29 is 9.90 Å². The second-order valence-electron chi connectivity index (χ2n) is 2.84. The number of phenols is 1. The molecule has 1 heterocycles. The first-order valence-electron chi connectivity index (χ1n) is 3.97. The van der Waals surface area contributed by atoms with Crippen LogP contribution in [0.3, 0.4) is 0 Å². The summed E-state index contributed by atoms with van der Waals surface area (Å²) in [5.41, 5.74) is 1.15. The van der Waals surface area contributed by atoms with Gasteiger partial charge in [-0.15, -0.1) is 0 Å². The summed E-state index contributed by atoms with van der Waals surface area (Å²) in [5.74, 6) is -0.356. The Hall–Kier alpha value is -2.28. The van der Waals surface area contributed by atoms with Crippen molar-refractivity contribution in [3.8, 4) is 11.8 Å². The first-order valence-corrected chi connectivity index (χ1v) is 3.97. The summed E-state index contributed by atoms with van der Waals surface area (Å²) in [4.78, 5) is 11.3. The molecule has 1 aliphatic rings. The molecule has 0 atom stereocenters. The van der Waals surface area contributed by atoms with Crippen LogP contribution < -0.4 is 5.32 Å². The maximum absolute atomic E-state index is 11.3. The van der Waals surface area contributed by atoms with Crippen LogP contribution in [0.2, 0.25) is 0 Å². The standard InChI is InChI=1S/C10H6N2O2/c11-5-4-6-9-7(12-10(6)14)2-1-3-8(9)13/h1-4,13H,(H,12,14)/b6-4+. The number of phenolic OH excluding ortho intramolecular Hbond substituents is 1. The van der Waals surface area contributed by atoms with Crippen LogP contribution in [0, 0.1) is 11.3 Å². The van der Waals surface area contributed by atoms with Gasteiger partial charge in [0.05, 0.1) is 22.9 Å². The summed E-state index contributed by atoms with van der Waals surface area (Å²) < 4.78 is 0. The van der Waals surface area contributed by atoms with E-state index >= 15 is 0 Å². The molecule has 0 radical (unpaired) electrons. The van der Waals surface area contributed by atoms with Crippen LogP contribution in [-0.2, 0) is 4.79 Å². The smallest absolute Gasteiger partial charge is 0.257 e. The number of aromatic hydroxyl groups is 1. The zero-order valence-electron chi connectivity index (χ0n) is 7.11. The predicted octanol–water partition coefficient (Wildman–Crippen LogP) is 1.25. The molecule has 2 rings (SSSR count). The van der Waals surface area contributed by atoms with Crippen LogP contribution in [0.15, 0.2) is 24.3 Å². The Morgan fingerprint density at radius 2 is 2.29 bits per heavy atom. The minimum atomic E-state index is -0.358. The number of allylic oxidation sites excluding steroid dienone is 1. The van der Waals surface area contributed by atoms with E-state index in [-0.39, 0.29) is 17.2 Å². The van der Waals surface area contributed by atoms with Gasteiger partial charge in [-0.1, -0.05) is 6.07 Å². The largest absolute Gasteiger partial charge is 0.507 e. The summed E-state index contributed by atoms with van der Waals surface area (Å²) in [6.45, 7) is 0. The molecule has 4 heteroatoms. The third-order valence-corrected chi connectivity index (χ3v) is 2.01. The van der Waals surface area contributed by atoms with E-state index in [0.29, 0.717) is 11.3 Å². The number of rotatable bonds is 0. The molecule has 4 nitrogen and oxygen atoms in total. The van der Waals surface area contributed by atoms with Crippen LogP contribution in [0.4, 0.5) is 5.69 Å². The van der Waals surface area contributed by atoms with Gasteiger partial charge in [0, 0.05) is 6.08 Å². The minimum Gasteiger partial charge on any atom is -0.507 e. The molecule has 68 valence electrons. The number of nitrogens with zero attached hydrogens (tertiary/aromatic N) is 1. The Morgan fingerprint density at radius 1 is 1.50 bits per heavy atom. The molecule has 0 fully saturated rings. The number of carbonyl (C=O) groups excluding carboxylic acids is 1. The Labute approximate surface area is 80.1 Å². The highest BCUT2D eigenvalue weighted by molar-refractivity contribution is 6.32. The third kappa shape index (κ3) is 1.04. The fraction of sp³-hybridized carbons (Fsp3) is 0.